The molecule has 1 aromatic carbocycles. The lowest BCUT2D eigenvalue weighted by Gasteiger charge is -2.25. The summed E-state index contributed by atoms with van der Waals surface area (Å²) < 4.78 is 14.1. The number of hydrogen-bond donors (Lipinski definition) is 2. The largest absolute Gasteiger partial charge is 0.369 e. The highest BCUT2D eigenvalue weighted by Crippen LogP contribution is 2.36. The molecule has 4 nitrogen and oxygen atoms in total. The van der Waals surface area contributed by atoms with Crippen LogP contribution in [0.1, 0.15) is 37.3 Å². The van der Waals surface area contributed by atoms with E-state index in [1.165, 1.54) is 17.8 Å². The van der Waals surface area contributed by atoms with Crippen molar-refractivity contribution >= 4 is 23.6 Å². The first kappa shape index (κ1) is 16.8. The van der Waals surface area contributed by atoms with Crippen LogP contribution < -0.4 is 11.1 Å². The van der Waals surface area contributed by atoms with Gasteiger partial charge in [-0.1, -0.05) is 31.0 Å². The highest BCUT2D eigenvalue weighted by Gasteiger charge is 2.29. The van der Waals surface area contributed by atoms with Gasteiger partial charge in [-0.2, -0.15) is 0 Å². The Balaban J connectivity index is 2.03. The summed E-state index contributed by atoms with van der Waals surface area (Å²) in [6.45, 7) is 0. The first-order valence-electron chi connectivity index (χ1n) is 7.47. The van der Waals surface area contributed by atoms with E-state index in [1.807, 2.05) is 0 Å². The number of carbonyl (C=O) groups is 2. The van der Waals surface area contributed by atoms with Crippen LogP contribution in [-0.2, 0) is 9.59 Å². The van der Waals surface area contributed by atoms with E-state index in [4.69, 9.17) is 5.73 Å². The maximum absolute atomic E-state index is 14.1. The van der Waals surface area contributed by atoms with Gasteiger partial charge in [0.05, 0.1) is 17.5 Å². The van der Waals surface area contributed by atoms with Crippen molar-refractivity contribution < 1.29 is 14.0 Å². The second-order valence-corrected chi connectivity index (χ2v) is 6.56. The summed E-state index contributed by atoms with van der Waals surface area (Å²) in [4.78, 5) is 22.8. The van der Waals surface area contributed by atoms with Gasteiger partial charge in [0, 0.05) is 5.56 Å². The molecule has 1 atom stereocenters. The normalized spacial score (nSPS) is 16.4. The van der Waals surface area contributed by atoms with Crippen molar-refractivity contribution in [3.05, 3.63) is 35.6 Å². The number of nitrogens with two attached hydrogens (primary N) is 1. The monoisotopic (exact) mass is 324 g/mol. The molecule has 2 rings (SSSR count). The van der Waals surface area contributed by atoms with Gasteiger partial charge in [0.2, 0.25) is 11.8 Å². The second kappa shape index (κ2) is 8.17. The zero-order chi connectivity index (χ0) is 15.9. The van der Waals surface area contributed by atoms with Gasteiger partial charge in [0.25, 0.3) is 0 Å². The average Bonchev–Trinajstić information content (AvgIpc) is 2.99. The van der Waals surface area contributed by atoms with Crippen LogP contribution in [0.4, 0.5) is 4.39 Å². The van der Waals surface area contributed by atoms with Gasteiger partial charge in [0.15, 0.2) is 0 Å². The molecular formula is C16H21FN2O2S. The van der Waals surface area contributed by atoms with E-state index in [0.717, 1.165) is 25.7 Å². The van der Waals surface area contributed by atoms with E-state index in [9.17, 15) is 14.0 Å². The van der Waals surface area contributed by atoms with Crippen molar-refractivity contribution in [2.75, 3.05) is 11.5 Å². The third-order valence-electron chi connectivity index (χ3n) is 3.91. The van der Waals surface area contributed by atoms with E-state index in [2.05, 4.69) is 5.32 Å². The van der Waals surface area contributed by atoms with Crippen molar-refractivity contribution in [2.45, 2.75) is 31.7 Å². The average molecular weight is 324 g/mol. The third kappa shape index (κ3) is 4.73. The SMILES string of the molecule is NC(=O)CSCC(=O)N[C@H](c1ccccc1F)C1CCCC1. The van der Waals surface area contributed by atoms with E-state index in [-0.39, 0.29) is 35.2 Å². The Kier molecular flexibility index (Phi) is 6.24. The molecule has 2 amide bonds. The molecule has 0 unspecified atom stereocenters. The maximum atomic E-state index is 14.1. The highest BCUT2D eigenvalue weighted by molar-refractivity contribution is 8.00. The van der Waals surface area contributed by atoms with Crippen LogP contribution in [0.25, 0.3) is 0 Å². The van der Waals surface area contributed by atoms with Gasteiger partial charge < -0.3 is 11.1 Å². The number of nitrogens with one attached hydrogen (secondary N) is 1. The fourth-order valence-electron chi connectivity index (χ4n) is 2.93. The lowest BCUT2D eigenvalue weighted by atomic mass is 9.91. The van der Waals surface area contributed by atoms with Gasteiger partial charge in [-0.05, 0) is 24.8 Å². The molecule has 1 aromatic rings. The number of amides is 2. The minimum atomic E-state index is -0.445. The molecule has 3 N–H and O–H groups in total. The van der Waals surface area contributed by atoms with Crippen LogP contribution in [0.5, 0.6) is 0 Å². The standard InChI is InChI=1S/C16H21FN2O2S/c17-13-8-4-3-7-12(13)16(11-5-1-2-6-11)19-15(21)10-22-9-14(18)20/h3-4,7-8,11,16H,1-2,5-6,9-10H2,(H2,18,20)(H,19,21)/t16-/m0/s1. The quantitative estimate of drug-likeness (QED) is 0.809. The predicted molar refractivity (Wildman–Crippen MR) is 85.8 cm³/mol. The van der Waals surface area contributed by atoms with Crippen molar-refractivity contribution in [2.24, 2.45) is 11.7 Å². The molecule has 1 aliphatic rings. The molecule has 0 saturated heterocycles. The van der Waals surface area contributed by atoms with Gasteiger partial charge in [-0.15, -0.1) is 11.8 Å². The molecule has 22 heavy (non-hydrogen) atoms. The summed E-state index contributed by atoms with van der Waals surface area (Å²) >= 11 is 1.17. The topological polar surface area (TPSA) is 72.2 Å². The number of primary amides is 1. The zero-order valence-electron chi connectivity index (χ0n) is 12.4. The van der Waals surface area contributed by atoms with E-state index in [1.54, 1.807) is 18.2 Å². The molecular weight excluding hydrogens is 303 g/mol. The highest BCUT2D eigenvalue weighted by atomic mass is 32.2. The van der Waals surface area contributed by atoms with Gasteiger partial charge in [0.1, 0.15) is 5.82 Å². The maximum Gasteiger partial charge on any atom is 0.230 e. The lowest BCUT2D eigenvalue weighted by molar-refractivity contribution is -0.119. The summed E-state index contributed by atoms with van der Waals surface area (Å²) in [6.07, 6.45) is 4.21. The molecule has 0 aliphatic heterocycles. The fraction of sp³-hybridized carbons (Fsp3) is 0.500. The number of halogens is 1. The Morgan fingerprint density at radius 2 is 1.95 bits per heavy atom. The molecule has 0 radical (unpaired) electrons. The fourth-order valence-corrected chi connectivity index (χ4v) is 3.50. The van der Waals surface area contributed by atoms with E-state index in [0.29, 0.717) is 5.56 Å². The van der Waals surface area contributed by atoms with Crippen molar-refractivity contribution in [3.8, 4) is 0 Å². The number of benzene rings is 1. The molecule has 6 heteroatoms. The zero-order valence-corrected chi connectivity index (χ0v) is 13.2. The Morgan fingerprint density at radius 1 is 1.27 bits per heavy atom. The summed E-state index contributed by atoms with van der Waals surface area (Å²) in [5.41, 5.74) is 5.59. The third-order valence-corrected chi connectivity index (χ3v) is 4.86. The molecule has 120 valence electrons. The number of carbonyl (C=O) groups excluding carboxylic acids is 2. The lowest BCUT2D eigenvalue weighted by Crippen LogP contribution is -2.34. The van der Waals surface area contributed by atoms with Crippen LogP contribution in [0.2, 0.25) is 0 Å². The summed E-state index contributed by atoms with van der Waals surface area (Å²) in [5.74, 6) is -0.390. The Morgan fingerprint density at radius 3 is 2.59 bits per heavy atom. The molecule has 0 aromatic heterocycles. The molecule has 0 bridgehead atoms. The first-order valence-corrected chi connectivity index (χ1v) is 8.63. The van der Waals surface area contributed by atoms with Crippen LogP contribution in [-0.4, -0.2) is 23.3 Å². The summed E-state index contributed by atoms with van der Waals surface area (Å²) in [6, 6.07) is 6.29. The Hall–Kier alpha value is -1.56. The van der Waals surface area contributed by atoms with E-state index < -0.39 is 5.91 Å². The van der Waals surface area contributed by atoms with Crippen LogP contribution in [0.3, 0.4) is 0 Å². The minimum absolute atomic E-state index is 0.112. The van der Waals surface area contributed by atoms with Crippen LogP contribution >= 0.6 is 11.8 Å². The number of hydrogen-bond acceptors (Lipinski definition) is 3. The van der Waals surface area contributed by atoms with Crippen LogP contribution in [0, 0.1) is 11.7 Å². The van der Waals surface area contributed by atoms with Gasteiger partial charge >= 0.3 is 0 Å². The van der Waals surface area contributed by atoms with Crippen molar-refractivity contribution in [1.29, 1.82) is 0 Å². The summed E-state index contributed by atoms with van der Waals surface area (Å²) in [7, 11) is 0. The second-order valence-electron chi connectivity index (χ2n) is 5.57. The molecule has 1 saturated carbocycles. The first-order chi connectivity index (χ1) is 10.6. The molecule has 0 heterocycles. The molecule has 1 fully saturated rings. The Labute approximate surface area is 134 Å². The number of rotatable bonds is 7. The predicted octanol–water partition coefficient (Wildman–Crippen LogP) is 2.39. The van der Waals surface area contributed by atoms with Gasteiger partial charge in [-0.25, -0.2) is 4.39 Å². The minimum Gasteiger partial charge on any atom is -0.369 e. The Bertz CT molecular complexity index is 533. The van der Waals surface area contributed by atoms with Crippen molar-refractivity contribution in [1.82, 2.24) is 5.32 Å². The van der Waals surface area contributed by atoms with Gasteiger partial charge in [-0.3, -0.25) is 9.59 Å². The number of thioether (sulfide) groups is 1. The smallest absolute Gasteiger partial charge is 0.230 e. The van der Waals surface area contributed by atoms with E-state index >= 15 is 0 Å². The summed E-state index contributed by atoms with van der Waals surface area (Å²) in [5, 5.41) is 2.94. The molecule has 0 spiro atoms. The molecule has 1 aliphatic carbocycles. The van der Waals surface area contributed by atoms with Crippen molar-refractivity contribution in [3.63, 3.8) is 0 Å². The van der Waals surface area contributed by atoms with Crippen LogP contribution in [0.15, 0.2) is 24.3 Å².